The number of benzene rings is 1. The maximum atomic E-state index is 5.82. The minimum Gasteiger partial charge on any atom is -0.439 e. The molecule has 132 valence electrons. The highest BCUT2D eigenvalue weighted by Crippen LogP contribution is 2.26. The van der Waals surface area contributed by atoms with Crippen LogP contribution in [0.15, 0.2) is 42.7 Å². The molecule has 2 saturated heterocycles. The van der Waals surface area contributed by atoms with Gasteiger partial charge in [-0.15, -0.1) is 0 Å². The maximum Gasteiger partial charge on any atom is 0.224 e. The van der Waals surface area contributed by atoms with Crippen molar-refractivity contribution in [3.63, 3.8) is 0 Å². The molecule has 4 rings (SSSR count). The molecule has 6 nitrogen and oxygen atoms in total. The molecule has 2 fully saturated rings. The number of hydrogen-bond donors (Lipinski definition) is 0. The van der Waals surface area contributed by atoms with E-state index < -0.39 is 0 Å². The third-order valence-corrected chi connectivity index (χ3v) is 5.05. The van der Waals surface area contributed by atoms with Gasteiger partial charge in [-0.3, -0.25) is 4.90 Å². The lowest BCUT2D eigenvalue weighted by Crippen LogP contribution is -2.60. The van der Waals surface area contributed by atoms with Crippen LogP contribution in [0.3, 0.4) is 0 Å². The molecule has 0 saturated carbocycles. The molecule has 1 aromatic carbocycles. The second-order valence-corrected chi connectivity index (χ2v) is 6.88. The molecule has 0 aliphatic carbocycles. The first kappa shape index (κ1) is 16.3. The number of aromatic nitrogens is 2. The molecular weight excluding hydrogens is 314 g/mol. The Kier molecular flexibility index (Phi) is 4.81. The van der Waals surface area contributed by atoms with Crippen molar-refractivity contribution in [3.8, 4) is 11.6 Å². The van der Waals surface area contributed by atoms with Crippen LogP contribution in [-0.4, -0.2) is 72.1 Å². The summed E-state index contributed by atoms with van der Waals surface area (Å²) in [4.78, 5) is 16.0. The Morgan fingerprint density at radius 3 is 2.68 bits per heavy atom. The lowest BCUT2D eigenvalue weighted by atomic mass is 10.1. The molecule has 2 aliphatic heterocycles. The van der Waals surface area contributed by atoms with E-state index in [0.717, 1.165) is 24.7 Å². The zero-order chi connectivity index (χ0) is 17.1. The second kappa shape index (κ2) is 7.37. The highest BCUT2D eigenvalue weighted by Gasteiger charge is 2.33. The number of ether oxygens (including phenoxy) is 1. The summed E-state index contributed by atoms with van der Waals surface area (Å²) >= 11 is 0. The van der Waals surface area contributed by atoms with Crippen molar-refractivity contribution >= 4 is 5.82 Å². The van der Waals surface area contributed by atoms with Crippen molar-refractivity contribution in [1.29, 1.82) is 0 Å². The van der Waals surface area contributed by atoms with Gasteiger partial charge in [0.1, 0.15) is 17.9 Å². The number of rotatable bonds is 4. The van der Waals surface area contributed by atoms with Gasteiger partial charge < -0.3 is 14.5 Å². The Morgan fingerprint density at radius 1 is 1.00 bits per heavy atom. The average molecular weight is 339 g/mol. The maximum absolute atomic E-state index is 5.82. The Bertz CT molecular complexity index is 689. The Balaban J connectivity index is 1.35. The number of likely N-dealkylation sites (N-methyl/N-ethyl adjacent to an activating group) is 1. The van der Waals surface area contributed by atoms with E-state index in [9.17, 15) is 0 Å². The highest BCUT2D eigenvalue weighted by molar-refractivity contribution is 5.45. The van der Waals surface area contributed by atoms with E-state index in [4.69, 9.17) is 4.74 Å². The van der Waals surface area contributed by atoms with Crippen molar-refractivity contribution in [1.82, 2.24) is 19.8 Å². The summed E-state index contributed by atoms with van der Waals surface area (Å²) in [6, 6.07) is 12.3. The number of para-hydroxylation sites is 1. The van der Waals surface area contributed by atoms with Crippen LogP contribution in [0.2, 0.25) is 0 Å². The predicted octanol–water partition coefficient (Wildman–Crippen LogP) is 2.09. The SMILES string of the molecule is CN1CCCN(C2CN(c3cc(Oc4ccccc4)ncn3)C2)CC1. The van der Waals surface area contributed by atoms with E-state index in [1.807, 2.05) is 36.4 Å². The smallest absolute Gasteiger partial charge is 0.224 e. The van der Waals surface area contributed by atoms with E-state index in [-0.39, 0.29) is 0 Å². The second-order valence-electron chi connectivity index (χ2n) is 6.88. The van der Waals surface area contributed by atoms with Crippen LogP contribution in [0.1, 0.15) is 6.42 Å². The zero-order valence-electron chi connectivity index (χ0n) is 14.7. The summed E-state index contributed by atoms with van der Waals surface area (Å²) in [5.74, 6) is 2.34. The molecule has 0 N–H and O–H groups in total. The predicted molar refractivity (Wildman–Crippen MR) is 98.2 cm³/mol. The molecular formula is C19H25N5O. The third-order valence-electron chi connectivity index (χ3n) is 5.05. The van der Waals surface area contributed by atoms with Crippen LogP contribution in [0.25, 0.3) is 0 Å². The number of hydrogen-bond acceptors (Lipinski definition) is 6. The fraction of sp³-hybridized carbons (Fsp3) is 0.474. The van der Waals surface area contributed by atoms with Gasteiger partial charge >= 0.3 is 0 Å². The monoisotopic (exact) mass is 339 g/mol. The normalized spacial score (nSPS) is 20.1. The molecule has 0 radical (unpaired) electrons. The summed E-state index contributed by atoms with van der Waals surface area (Å²) in [5.41, 5.74) is 0. The first-order valence-electron chi connectivity index (χ1n) is 9.00. The van der Waals surface area contributed by atoms with Gasteiger partial charge in [0.05, 0.1) is 0 Å². The molecule has 1 aromatic heterocycles. The lowest BCUT2D eigenvalue weighted by Gasteiger charge is -2.45. The van der Waals surface area contributed by atoms with Gasteiger partial charge in [-0.25, -0.2) is 9.97 Å². The molecule has 0 amide bonds. The fourth-order valence-corrected chi connectivity index (χ4v) is 3.47. The van der Waals surface area contributed by atoms with Gasteiger partial charge in [0.2, 0.25) is 5.88 Å². The zero-order valence-corrected chi connectivity index (χ0v) is 14.7. The number of anilines is 1. The topological polar surface area (TPSA) is 44.7 Å². The summed E-state index contributed by atoms with van der Waals surface area (Å²) in [6.07, 6.45) is 2.84. The molecule has 0 spiro atoms. The molecule has 0 bridgehead atoms. The largest absolute Gasteiger partial charge is 0.439 e. The van der Waals surface area contributed by atoms with Gasteiger partial charge in [0.25, 0.3) is 0 Å². The highest BCUT2D eigenvalue weighted by atomic mass is 16.5. The standard InChI is InChI=1S/C19H25N5O/c1-22-8-5-9-23(11-10-22)16-13-24(14-16)18-12-19(21-15-20-18)25-17-6-3-2-4-7-17/h2-4,6-7,12,15-16H,5,8-11,13-14H2,1H3. The van der Waals surface area contributed by atoms with E-state index in [1.165, 1.54) is 32.6 Å². The van der Waals surface area contributed by atoms with Gasteiger partial charge in [-0.05, 0) is 38.7 Å². The molecule has 2 aromatic rings. The Labute approximate surface area is 149 Å². The Hall–Kier alpha value is -2.18. The summed E-state index contributed by atoms with van der Waals surface area (Å²) in [5, 5.41) is 0. The van der Waals surface area contributed by atoms with Crippen molar-refractivity contribution < 1.29 is 4.74 Å². The van der Waals surface area contributed by atoms with Gasteiger partial charge in [-0.2, -0.15) is 0 Å². The van der Waals surface area contributed by atoms with Crippen LogP contribution in [-0.2, 0) is 0 Å². The Morgan fingerprint density at radius 2 is 1.84 bits per heavy atom. The first-order chi connectivity index (χ1) is 12.3. The minimum atomic E-state index is 0.594. The lowest BCUT2D eigenvalue weighted by molar-refractivity contribution is 0.171. The van der Waals surface area contributed by atoms with E-state index in [1.54, 1.807) is 6.33 Å². The van der Waals surface area contributed by atoms with E-state index in [2.05, 4.69) is 31.7 Å². The van der Waals surface area contributed by atoms with Crippen molar-refractivity contribution in [2.45, 2.75) is 12.5 Å². The van der Waals surface area contributed by atoms with Crippen molar-refractivity contribution in [2.24, 2.45) is 0 Å². The summed E-state index contributed by atoms with van der Waals surface area (Å²) < 4.78 is 5.82. The van der Waals surface area contributed by atoms with Gasteiger partial charge in [0, 0.05) is 38.3 Å². The van der Waals surface area contributed by atoms with Crippen LogP contribution < -0.4 is 9.64 Å². The fourth-order valence-electron chi connectivity index (χ4n) is 3.47. The average Bonchev–Trinajstić information content (AvgIpc) is 2.80. The van der Waals surface area contributed by atoms with Crippen molar-refractivity contribution in [3.05, 3.63) is 42.7 Å². The van der Waals surface area contributed by atoms with Crippen LogP contribution >= 0.6 is 0 Å². The van der Waals surface area contributed by atoms with Crippen LogP contribution in [0, 0.1) is 0 Å². The molecule has 0 unspecified atom stereocenters. The molecule has 6 heteroatoms. The molecule has 25 heavy (non-hydrogen) atoms. The van der Waals surface area contributed by atoms with Crippen LogP contribution in [0.4, 0.5) is 5.82 Å². The van der Waals surface area contributed by atoms with E-state index in [0.29, 0.717) is 11.9 Å². The molecule has 3 heterocycles. The first-order valence-corrected chi connectivity index (χ1v) is 9.00. The summed E-state index contributed by atoms with van der Waals surface area (Å²) in [7, 11) is 2.21. The van der Waals surface area contributed by atoms with Gasteiger partial charge in [0.15, 0.2) is 0 Å². The summed E-state index contributed by atoms with van der Waals surface area (Å²) in [6.45, 7) is 6.81. The van der Waals surface area contributed by atoms with E-state index >= 15 is 0 Å². The number of nitrogens with zero attached hydrogens (tertiary/aromatic N) is 5. The minimum absolute atomic E-state index is 0.594. The van der Waals surface area contributed by atoms with Crippen molar-refractivity contribution in [2.75, 3.05) is 51.2 Å². The van der Waals surface area contributed by atoms with Gasteiger partial charge in [-0.1, -0.05) is 18.2 Å². The quantitative estimate of drug-likeness (QED) is 0.850. The molecule has 0 atom stereocenters. The third kappa shape index (κ3) is 3.91. The van der Waals surface area contributed by atoms with Crippen LogP contribution in [0.5, 0.6) is 11.6 Å². The molecule has 2 aliphatic rings.